The highest BCUT2D eigenvalue weighted by atomic mass is 32.1. The molecule has 0 radical (unpaired) electrons. The molecule has 4 rings (SSSR count). The summed E-state index contributed by atoms with van der Waals surface area (Å²) in [5, 5.41) is 5.31. The van der Waals surface area contributed by atoms with Crippen molar-refractivity contribution in [2.75, 3.05) is 5.73 Å². The maximum atomic E-state index is 5.94. The van der Waals surface area contributed by atoms with Gasteiger partial charge < -0.3 is 10.3 Å². The molecule has 3 aromatic heterocycles. The number of hydrogen-bond donors (Lipinski definition) is 1. The number of anilines is 1. The first-order valence-electron chi connectivity index (χ1n) is 6.48. The first-order chi connectivity index (χ1) is 10.3. The van der Waals surface area contributed by atoms with Crippen LogP contribution >= 0.6 is 11.3 Å². The summed E-state index contributed by atoms with van der Waals surface area (Å²) < 4.78 is 6.40. The van der Waals surface area contributed by atoms with E-state index in [1.807, 2.05) is 30.3 Å². The summed E-state index contributed by atoms with van der Waals surface area (Å²) in [7, 11) is 0. The van der Waals surface area contributed by atoms with E-state index in [0.29, 0.717) is 5.88 Å². The zero-order chi connectivity index (χ0) is 14.2. The Bertz CT molecular complexity index is 879. The highest BCUT2D eigenvalue weighted by Crippen LogP contribution is 2.40. The number of nitrogen functional groups attached to an aromatic ring is 1. The summed E-state index contributed by atoms with van der Waals surface area (Å²) in [5.41, 5.74) is 8.20. The molecule has 21 heavy (non-hydrogen) atoms. The topological polar surface area (TPSA) is 64.9 Å². The van der Waals surface area contributed by atoms with E-state index in [-0.39, 0.29) is 0 Å². The Morgan fingerprint density at radius 2 is 1.90 bits per heavy atom. The lowest BCUT2D eigenvalue weighted by Crippen LogP contribution is -1.88. The number of hydrogen-bond acceptors (Lipinski definition) is 5. The number of thiophene rings is 1. The molecular weight excluding hydrogens is 282 g/mol. The van der Waals surface area contributed by atoms with Crippen molar-refractivity contribution in [1.29, 1.82) is 0 Å². The highest BCUT2D eigenvalue weighted by molar-refractivity contribution is 7.22. The van der Waals surface area contributed by atoms with Crippen LogP contribution in [0.1, 0.15) is 0 Å². The van der Waals surface area contributed by atoms with Gasteiger partial charge in [-0.15, -0.1) is 11.3 Å². The van der Waals surface area contributed by atoms with Gasteiger partial charge in [-0.1, -0.05) is 29.4 Å². The fourth-order valence-electron chi connectivity index (χ4n) is 2.33. The molecule has 3 heterocycles. The Labute approximate surface area is 124 Å². The van der Waals surface area contributed by atoms with Crippen LogP contribution in [0.5, 0.6) is 0 Å². The molecule has 1 aromatic carbocycles. The largest absolute Gasteiger partial charge is 0.367 e. The molecule has 0 aliphatic carbocycles. The fourth-order valence-corrected chi connectivity index (χ4v) is 3.38. The fraction of sp³-hybridized carbons (Fsp3) is 0. The molecule has 0 atom stereocenters. The lowest BCUT2D eigenvalue weighted by Gasteiger charge is -1.99. The summed E-state index contributed by atoms with van der Waals surface area (Å²) in [6.45, 7) is 0. The SMILES string of the molecule is Nc1onc(-c2cc3ccccc3s2)c1-c1ccccn1. The Balaban J connectivity index is 1.93. The second-order valence-corrected chi connectivity index (χ2v) is 5.72. The highest BCUT2D eigenvalue weighted by Gasteiger charge is 2.19. The number of fused-ring (bicyclic) bond motifs is 1. The Morgan fingerprint density at radius 1 is 1.05 bits per heavy atom. The third kappa shape index (κ3) is 1.98. The summed E-state index contributed by atoms with van der Waals surface area (Å²) in [5.74, 6) is 0.293. The number of benzene rings is 1. The Morgan fingerprint density at radius 3 is 2.71 bits per heavy atom. The van der Waals surface area contributed by atoms with E-state index in [4.69, 9.17) is 10.3 Å². The van der Waals surface area contributed by atoms with E-state index < -0.39 is 0 Å². The van der Waals surface area contributed by atoms with E-state index in [1.165, 1.54) is 10.1 Å². The van der Waals surface area contributed by atoms with Gasteiger partial charge in [0.1, 0.15) is 5.69 Å². The molecule has 0 bridgehead atoms. The van der Waals surface area contributed by atoms with Crippen LogP contribution in [0.4, 0.5) is 5.88 Å². The molecule has 0 aliphatic rings. The van der Waals surface area contributed by atoms with Crippen molar-refractivity contribution in [2.45, 2.75) is 0 Å². The molecule has 0 saturated heterocycles. The van der Waals surface area contributed by atoms with Gasteiger partial charge in [-0.05, 0) is 29.7 Å². The monoisotopic (exact) mass is 293 g/mol. The maximum absolute atomic E-state index is 5.94. The zero-order valence-corrected chi connectivity index (χ0v) is 11.8. The number of rotatable bonds is 2. The number of nitrogens with two attached hydrogens (primary N) is 1. The normalized spacial score (nSPS) is 11.0. The molecule has 102 valence electrons. The number of pyridine rings is 1. The van der Waals surface area contributed by atoms with Crippen molar-refractivity contribution in [2.24, 2.45) is 0 Å². The van der Waals surface area contributed by atoms with Crippen LogP contribution in [0.3, 0.4) is 0 Å². The van der Waals surface area contributed by atoms with E-state index in [1.54, 1.807) is 17.5 Å². The average Bonchev–Trinajstić information content (AvgIpc) is 3.11. The van der Waals surface area contributed by atoms with Crippen LogP contribution < -0.4 is 5.73 Å². The molecule has 0 unspecified atom stereocenters. The van der Waals surface area contributed by atoms with Gasteiger partial charge in [-0.2, -0.15) is 0 Å². The predicted molar refractivity (Wildman–Crippen MR) is 85.0 cm³/mol. The van der Waals surface area contributed by atoms with Gasteiger partial charge in [0.25, 0.3) is 0 Å². The molecule has 0 aliphatic heterocycles. The van der Waals surface area contributed by atoms with Crippen LogP contribution in [0.15, 0.2) is 59.3 Å². The molecule has 0 amide bonds. The lowest BCUT2D eigenvalue weighted by atomic mass is 10.1. The van der Waals surface area contributed by atoms with Gasteiger partial charge in [0.05, 0.1) is 16.1 Å². The molecular formula is C16H11N3OS. The van der Waals surface area contributed by atoms with Gasteiger partial charge in [0, 0.05) is 10.9 Å². The third-order valence-corrected chi connectivity index (χ3v) is 4.42. The lowest BCUT2D eigenvalue weighted by molar-refractivity contribution is 0.439. The van der Waals surface area contributed by atoms with Crippen molar-refractivity contribution in [1.82, 2.24) is 10.1 Å². The predicted octanol–water partition coefficient (Wildman–Crippen LogP) is 4.20. The minimum atomic E-state index is 0.293. The van der Waals surface area contributed by atoms with Gasteiger partial charge in [-0.25, -0.2) is 0 Å². The molecule has 0 saturated carbocycles. The van der Waals surface area contributed by atoms with Gasteiger partial charge in [-0.3, -0.25) is 4.98 Å². The second kappa shape index (κ2) is 4.71. The molecule has 0 spiro atoms. The summed E-state index contributed by atoms with van der Waals surface area (Å²) in [6, 6.07) is 16.0. The molecule has 5 heteroatoms. The summed E-state index contributed by atoms with van der Waals surface area (Å²) in [4.78, 5) is 5.37. The van der Waals surface area contributed by atoms with Crippen molar-refractivity contribution in [3.05, 3.63) is 54.7 Å². The summed E-state index contributed by atoms with van der Waals surface area (Å²) >= 11 is 1.67. The maximum Gasteiger partial charge on any atom is 0.232 e. The smallest absolute Gasteiger partial charge is 0.232 e. The van der Waals surface area contributed by atoms with Crippen molar-refractivity contribution >= 4 is 27.3 Å². The van der Waals surface area contributed by atoms with Crippen LogP contribution in [0.2, 0.25) is 0 Å². The first-order valence-corrected chi connectivity index (χ1v) is 7.30. The number of nitrogens with zero attached hydrogens (tertiary/aromatic N) is 2. The van der Waals surface area contributed by atoms with E-state index >= 15 is 0 Å². The van der Waals surface area contributed by atoms with Gasteiger partial charge in [0.15, 0.2) is 0 Å². The molecule has 0 fully saturated rings. The van der Waals surface area contributed by atoms with Crippen LogP contribution in [0.25, 0.3) is 31.9 Å². The Kier molecular flexibility index (Phi) is 2.72. The average molecular weight is 293 g/mol. The van der Waals surface area contributed by atoms with Crippen LogP contribution in [-0.4, -0.2) is 10.1 Å². The van der Waals surface area contributed by atoms with E-state index in [2.05, 4.69) is 28.3 Å². The van der Waals surface area contributed by atoms with E-state index in [9.17, 15) is 0 Å². The quantitative estimate of drug-likeness (QED) is 0.601. The molecule has 2 N–H and O–H groups in total. The zero-order valence-electron chi connectivity index (χ0n) is 11.0. The van der Waals surface area contributed by atoms with Crippen LogP contribution in [0, 0.1) is 0 Å². The summed E-state index contributed by atoms with van der Waals surface area (Å²) in [6.07, 6.45) is 1.73. The van der Waals surface area contributed by atoms with Gasteiger partial charge >= 0.3 is 0 Å². The van der Waals surface area contributed by atoms with E-state index in [0.717, 1.165) is 21.8 Å². The minimum Gasteiger partial charge on any atom is -0.367 e. The van der Waals surface area contributed by atoms with Crippen LogP contribution in [-0.2, 0) is 0 Å². The minimum absolute atomic E-state index is 0.293. The molecule has 4 nitrogen and oxygen atoms in total. The Hall–Kier alpha value is -2.66. The third-order valence-electron chi connectivity index (χ3n) is 3.30. The number of aromatic nitrogens is 2. The first kappa shape index (κ1) is 12.1. The standard InChI is InChI=1S/C16H11N3OS/c17-16-14(11-6-3-4-8-18-11)15(19-20-16)13-9-10-5-1-2-7-12(10)21-13/h1-9H,17H2. The van der Waals surface area contributed by atoms with Crippen molar-refractivity contribution in [3.63, 3.8) is 0 Å². The van der Waals surface area contributed by atoms with Crippen molar-refractivity contribution < 1.29 is 4.52 Å². The van der Waals surface area contributed by atoms with Crippen molar-refractivity contribution in [3.8, 4) is 21.8 Å². The second-order valence-electron chi connectivity index (χ2n) is 4.63. The van der Waals surface area contributed by atoms with Gasteiger partial charge in [0.2, 0.25) is 5.88 Å². The molecule has 4 aromatic rings.